The molecule has 0 saturated carbocycles. The van der Waals surface area contributed by atoms with Gasteiger partial charge in [0.05, 0.1) is 25.0 Å². The Bertz CT molecular complexity index is 1570. The van der Waals surface area contributed by atoms with Crippen LogP contribution in [0.4, 0.5) is 0 Å². The maximum Gasteiger partial charge on any atom is 0.422 e. The summed E-state index contributed by atoms with van der Waals surface area (Å²) in [6, 6.07) is 29.5. The van der Waals surface area contributed by atoms with Crippen LogP contribution in [-0.4, -0.2) is 30.2 Å². The average Bonchev–Trinajstić information content (AvgIpc) is 2.91. The SMILES string of the molecule is Cc1ccc(S(=O)(=O)[OH+]S(c2ccc(OCC(=O)OC(C)(C)C)cc2)(c2ccccc2C)c2ccccc2C)cc1. The number of esters is 1. The molecule has 1 N–H and O–H groups in total. The van der Waals surface area contributed by atoms with E-state index in [9.17, 15) is 13.2 Å². The molecule has 4 aromatic carbocycles. The highest BCUT2D eigenvalue weighted by molar-refractivity contribution is 8.32. The van der Waals surface area contributed by atoms with E-state index in [0.717, 1.165) is 31.4 Å². The second-order valence-corrected chi connectivity index (χ2v) is 15.3. The van der Waals surface area contributed by atoms with Crippen molar-refractivity contribution in [2.45, 2.75) is 66.7 Å². The van der Waals surface area contributed by atoms with Gasteiger partial charge in [-0.2, -0.15) is 0 Å². The zero-order chi connectivity index (χ0) is 29.8. The molecule has 0 atom stereocenters. The smallest absolute Gasteiger partial charge is 0.422 e. The first-order chi connectivity index (χ1) is 19.3. The van der Waals surface area contributed by atoms with Gasteiger partial charge in [0.2, 0.25) is 0 Å². The van der Waals surface area contributed by atoms with Crippen molar-refractivity contribution in [3.8, 4) is 5.75 Å². The van der Waals surface area contributed by atoms with E-state index >= 15 is 0 Å². The van der Waals surface area contributed by atoms with Gasteiger partial charge in [-0.25, -0.2) is 4.79 Å². The van der Waals surface area contributed by atoms with E-state index in [2.05, 4.69) is 0 Å². The van der Waals surface area contributed by atoms with Crippen LogP contribution in [0.2, 0.25) is 0 Å². The molecule has 0 bridgehead atoms. The summed E-state index contributed by atoms with van der Waals surface area (Å²) in [6.45, 7) is 11.0. The number of carbonyl (C=O) groups is 1. The summed E-state index contributed by atoms with van der Waals surface area (Å²) in [4.78, 5) is 14.7. The van der Waals surface area contributed by atoms with Gasteiger partial charge < -0.3 is 9.47 Å². The van der Waals surface area contributed by atoms with E-state index < -0.39 is 32.0 Å². The standard InChI is InChI=1S/C33H36O6S2/c1-24-15-19-29(20-16-24)41(35,36)39-40(30-13-9-7-11-25(30)2,31-14-10-8-12-26(31)3)28-21-17-27(18-22-28)37-23-32(34)38-33(4,5)6/h7-22H,23H2,1-6H3/p+1. The summed E-state index contributed by atoms with van der Waals surface area (Å²) >= 11 is 0. The van der Waals surface area contributed by atoms with E-state index in [1.54, 1.807) is 57.2 Å². The largest absolute Gasteiger partial charge is 0.482 e. The number of carbonyl (C=O) groups excluding carboxylic acids is 1. The molecule has 0 saturated heterocycles. The fraction of sp³-hybridized carbons (Fsp3) is 0.242. The normalized spacial score (nSPS) is 12.5. The van der Waals surface area contributed by atoms with Crippen LogP contribution in [0.15, 0.2) is 117 Å². The van der Waals surface area contributed by atoms with Crippen molar-refractivity contribution in [2.75, 3.05) is 6.61 Å². The molecule has 4 aromatic rings. The molecule has 6 nitrogen and oxygen atoms in total. The monoisotopic (exact) mass is 593 g/mol. The lowest BCUT2D eigenvalue weighted by Crippen LogP contribution is -2.27. The van der Waals surface area contributed by atoms with Gasteiger partial charge in [0.15, 0.2) is 6.61 Å². The Morgan fingerprint density at radius 2 is 1.20 bits per heavy atom. The summed E-state index contributed by atoms with van der Waals surface area (Å²) in [5, 5.41) is 0. The van der Waals surface area contributed by atoms with Crippen LogP contribution in [0.3, 0.4) is 0 Å². The summed E-state index contributed by atoms with van der Waals surface area (Å²) in [5.74, 6) is -0.00979. The van der Waals surface area contributed by atoms with E-state index in [-0.39, 0.29) is 11.5 Å². The molecule has 216 valence electrons. The minimum Gasteiger partial charge on any atom is -0.482 e. The third-order valence-corrected chi connectivity index (χ3v) is 12.0. The Labute approximate surface area is 244 Å². The van der Waals surface area contributed by atoms with Crippen LogP contribution in [0.25, 0.3) is 0 Å². The van der Waals surface area contributed by atoms with E-state index in [1.165, 1.54) is 0 Å². The van der Waals surface area contributed by atoms with Gasteiger partial charge in [-0.3, -0.25) is 3.63 Å². The molecule has 41 heavy (non-hydrogen) atoms. The molecule has 0 amide bonds. The molecule has 0 unspecified atom stereocenters. The summed E-state index contributed by atoms with van der Waals surface area (Å²) in [7, 11) is -6.78. The number of benzene rings is 4. The Kier molecular flexibility index (Phi) is 8.97. The van der Waals surface area contributed by atoms with Crippen LogP contribution in [0.5, 0.6) is 5.75 Å². The summed E-state index contributed by atoms with van der Waals surface area (Å²) in [5.41, 5.74) is 2.21. The number of aryl methyl sites for hydroxylation is 3. The molecule has 0 aromatic heterocycles. The minimum absolute atomic E-state index is 0.138. The molecular formula is C33H37O6S2+. The zero-order valence-electron chi connectivity index (χ0n) is 24.2. The van der Waals surface area contributed by atoms with Gasteiger partial charge in [-0.05, 0) is 101 Å². The third-order valence-electron chi connectivity index (χ3n) is 6.29. The molecule has 0 fully saturated rings. The molecule has 8 heteroatoms. The molecule has 0 heterocycles. The number of ether oxygens (including phenoxy) is 2. The van der Waals surface area contributed by atoms with Gasteiger partial charge in [-0.15, -0.1) is 8.42 Å². The number of hydrogen-bond acceptors (Lipinski definition) is 5. The first-order valence-electron chi connectivity index (χ1n) is 13.3. The van der Waals surface area contributed by atoms with Crippen LogP contribution in [-0.2, 0) is 19.6 Å². The van der Waals surface area contributed by atoms with Crippen molar-refractivity contribution in [1.29, 1.82) is 0 Å². The zero-order valence-corrected chi connectivity index (χ0v) is 25.9. The van der Waals surface area contributed by atoms with Gasteiger partial charge in [0, 0.05) is 0 Å². The maximum absolute atomic E-state index is 14.0. The molecule has 0 aliphatic heterocycles. The lowest BCUT2D eigenvalue weighted by Gasteiger charge is -2.36. The Morgan fingerprint density at radius 1 is 0.707 bits per heavy atom. The predicted octanol–water partition coefficient (Wildman–Crippen LogP) is 8.01. The maximum atomic E-state index is 14.0. The Morgan fingerprint density at radius 3 is 1.68 bits per heavy atom. The number of hydrogen-bond donors (Lipinski definition) is 0. The molecule has 0 aliphatic rings. The van der Waals surface area contributed by atoms with Crippen LogP contribution in [0.1, 0.15) is 37.5 Å². The molecular weight excluding hydrogens is 556 g/mol. The van der Waals surface area contributed by atoms with Crippen molar-refractivity contribution in [1.82, 2.24) is 0 Å². The Balaban J connectivity index is 1.87. The second kappa shape index (κ2) is 12.1. The highest BCUT2D eigenvalue weighted by Crippen LogP contribution is 2.70. The van der Waals surface area contributed by atoms with Crippen molar-refractivity contribution in [3.63, 3.8) is 0 Å². The minimum atomic E-state index is -4.09. The third kappa shape index (κ3) is 7.01. The topological polar surface area (TPSA) is 82.5 Å². The van der Waals surface area contributed by atoms with E-state index in [1.807, 2.05) is 81.4 Å². The summed E-state index contributed by atoms with van der Waals surface area (Å²) in [6.07, 6.45) is 0. The molecule has 0 radical (unpaired) electrons. The summed E-state index contributed by atoms with van der Waals surface area (Å²) < 4.78 is 44.0. The van der Waals surface area contributed by atoms with E-state index in [4.69, 9.17) is 13.1 Å². The van der Waals surface area contributed by atoms with Crippen molar-refractivity contribution >= 4 is 26.4 Å². The first kappa shape index (κ1) is 30.4. The lowest BCUT2D eigenvalue weighted by atomic mass is 10.2. The van der Waals surface area contributed by atoms with Crippen LogP contribution >= 0.6 is 10.3 Å². The highest BCUT2D eigenvalue weighted by Gasteiger charge is 2.45. The van der Waals surface area contributed by atoms with Crippen LogP contribution < -0.4 is 4.74 Å². The lowest BCUT2D eigenvalue weighted by molar-refractivity contribution is -0.157. The van der Waals surface area contributed by atoms with Crippen molar-refractivity contribution < 1.29 is 26.3 Å². The number of rotatable bonds is 9. The van der Waals surface area contributed by atoms with Gasteiger partial charge in [0.25, 0.3) is 0 Å². The van der Waals surface area contributed by atoms with Crippen molar-refractivity contribution in [2.24, 2.45) is 0 Å². The first-order valence-corrected chi connectivity index (χ1v) is 16.3. The quantitative estimate of drug-likeness (QED) is 0.112. The molecule has 4 rings (SSSR count). The predicted molar refractivity (Wildman–Crippen MR) is 164 cm³/mol. The fourth-order valence-corrected chi connectivity index (χ4v) is 10.3. The average molecular weight is 594 g/mol. The van der Waals surface area contributed by atoms with Crippen molar-refractivity contribution in [3.05, 3.63) is 114 Å². The fourth-order valence-electron chi connectivity index (χ4n) is 4.42. The second-order valence-electron chi connectivity index (χ2n) is 10.8. The molecule has 0 spiro atoms. The van der Waals surface area contributed by atoms with Gasteiger partial charge >= 0.3 is 16.1 Å². The van der Waals surface area contributed by atoms with Gasteiger partial charge in [0.1, 0.15) is 16.2 Å². The Hall–Kier alpha value is -3.59. The van der Waals surface area contributed by atoms with Crippen LogP contribution in [0, 0.1) is 20.8 Å². The molecule has 0 aliphatic carbocycles. The highest BCUT2D eigenvalue weighted by atomic mass is 32.3. The van der Waals surface area contributed by atoms with Gasteiger partial charge in [-0.1, -0.05) is 54.1 Å². The van der Waals surface area contributed by atoms with E-state index in [0.29, 0.717) is 5.75 Å².